The highest BCUT2D eigenvalue weighted by Gasteiger charge is 2.46. The van der Waals surface area contributed by atoms with Gasteiger partial charge in [0.25, 0.3) is 0 Å². The Morgan fingerprint density at radius 3 is 1.56 bits per heavy atom. The number of rotatable bonds is 7. The Morgan fingerprint density at radius 1 is 0.329 bits per heavy atom. The van der Waals surface area contributed by atoms with Crippen molar-refractivity contribution in [2.75, 3.05) is 4.90 Å². The number of benzene rings is 11. The molecule has 12 aromatic rings. The van der Waals surface area contributed by atoms with Crippen molar-refractivity contribution in [3.05, 3.63) is 288 Å². The molecule has 70 heavy (non-hydrogen) atoms. The van der Waals surface area contributed by atoms with E-state index in [1.165, 1.54) is 99.3 Å². The molecule has 2 heteroatoms. The monoisotopic (exact) mass is 892 g/mol. The summed E-state index contributed by atoms with van der Waals surface area (Å²) in [5, 5.41) is 4.91. The fourth-order valence-corrected chi connectivity index (χ4v) is 12.4. The van der Waals surface area contributed by atoms with E-state index in [4.69, 9.17) is 0 Å². The van der Waals surface area contributed by atoms with Crippen LogP contribution < -0.4 is 4.90 Å². The highest BCUT2D eigenvalue weighted by Crippen LogP contribution is 2.57. The second-order valence-corrected chi connectivity index (χ2v) is 19.7. The Kier molecular flexibility index (Phi) is 8.88. The molecule has 330 valence electrons. The molecule has 11 aromatic carbocycles. The van der Waals surface area contributed by atoms with Crippen LogP contribution in [0.5, 0.6) is 0 Å². The molecule has 2 aliphatic rings. The van der Waals surface area contributed by atoms with Crippen molar-refractivity contribution in [1.82, 2.24) is 4.57 Å². The highest BCUT2D eigenvalue weighted by molar-refractivity contribution is 6.11. The van der Waals surface area contributed by atoms with Gasteiger partial charge in [-0.05, 0) is 150 Å². The lowest BCUT2D eigenvalue weighted by Crippen LogP contribution is -2.28. The largest absolute Gasteiger partial charge is 0.310 e. The minimum Gasteiger partial charge on any atom is -0.310 e. The van der Waals surface area contributed by atoms with Crippen LogP contribution in [0.2, 0.25) is 0 Å². The molecule has 0 atom stereocenters. The van der Waals surface area contributed by atoms with Crippen LogP contribution in [0.1, 0.15) is 47.2 Å². The average Bonchev–Trinajstić information content (AvgIpc) is 4.00. The zero-order chi connectivity index (χ0) is 46.6. The molecule has 0 spiro atoms. The molecule has 14 rings (SSSR count). The van der Waals surface area contributed by atoms with Crippen LogP contribution in [0.4, 0.5) is 17.1 Å². The number of nitrogens with zero attached hydrogens (tertiary/aromatic N) is 2. The summed E-state index contributed by atoms with van der Waals surface area (Å²) >= 11 is 0. The fourth-order valence-electron chi connectivity index (χ4n) is 12.4. The second-order valence-electron chi connectivity index (χ2n) is 19.7. The van der Waals surface area contributed by atoms with E-state index in [-0.39, 0.29) is 5.41 Å². The molecule has 0 amide bonds. The van der Waals surface area contributed by atoms with Crippen LogP contribution in [0.3, 0.4) is 0 Å². The predicted molar refractivity (Wildman–Crippen MR) is 293 cm³/mol. The van der Waals surface area contributed by atoms with E-state index in [0.29, 0.717) is 0 Å². The Labute approximate surface area is 409 Å². The van der Waals surface area contributed by atoms with Crippen LogP contribution in [0, 0.1) is 0 Å². The summed E-state index contributed by atoms with van der Waals surface area (Å²) in [6, 6.07) is 95.0. The normalized spacial score (nSPS) is 13.8. The van der Waals surface area contributed by atoms with Gasteiger partial charge in [-0.3, -0.25) is 0 Å². The van der Waals surface area contributed by atoms with E-state index < -0.39 is 5.41 Å². The molecule has 2 nitrogen and oxygen atoms in total. The van der Waals surface area contributed by atoms with Crippen LogP contribution in [0.15, 0.2) is 255 Å². The molecule has 0 saturated heterocycles. The molecular formula is C68H48N2. The third kappa shape index (κ3) is 5.87. The van der Waals surface area contributed by atoms with Gasteiger partial charge in [0, 0.05) is 38.9 Å². The van der Waals surface area contributed by atoms with Gasteiger partial charge in [0.15, 0.2) is 0 Å². The van der Waals surface area contributed by atoms with Crippen LogP contribution in [0.25, 0.3) is 71.6 Å². The Bertz CT molecular complexity index is 3980. The number of para-hydroxylation sites is 1. The first-order valence-corrected chi connectivity index (χ1v) is 24.5. The number of hydrogen-bond acceptors (Lipinski definition) is 1. The molecule has 0 radical (unpaired) electrons. The Balaban J connectivity index is 1.01. The molecule has 2 aliphatic carbocycles. The summed E-state index contributed by atoms with van der Waals surface area (Å²) in [4.78, 5) is 2.46. The first-order valence-electron chi connectivity index (χ1n) is 24.5. The van der Waals surface area contributed by atoms with E-state index in [2.05, 4.69) is 278 Å². The average molecular weight is 893 g/mol. The van der Waals surface area contributed by atoms with Crippen LogP contribution in [-0.4, -0.2) is 4.57 Å². The maximum absolute atomic E-state index is 2.50. The minimum atomic E-state index is -0.519. The summed E-state index contributed by atoms with van der Waals surface area (Å²) in [6.45, 7) is 4.71. The standard InChI is InChI=1S/C68H48N2/c1-67(2)61-26-14-11-25-57(61)58-43-53(36-38-62(58)67)69(52-34-31-46(32-35-52)48-30-29-45-17-9-10-18-47(45)41-48)54-37-40-66-60(44-54)59-42-50(33-39-65(59)70(66)51-21-7-4-8-22-51)68(49-19-5-3-6-20-49)63-27-15-12-23-55(63)56-24-13-16-28-64(56)68/h3-44H,1-2H3. The van der Waals surface area contributed by atoms with Gasteiger partial charge in [0.05, 0.1) is 16.4 Å². The molecule has 1 aromatic heterocycles. The molecular weight excluding hydrogens is 845 g/mol. The number of hydrogen-bond donors (Lipinski definition) is 0. The highest BCUT2D eigenvalue weighted by atomic mass is 15.1. The van der Waals surface area contributed by atoms with Crippen molar-refractivity contribution in [2.45, 2.75) is 24.7 Å². The molecule has 0 aliphatic heterocycles. The summed E-state index contributed by atoms with van der Waals surface area (Å²) in [7, 11) is 0. The molecule has 0 fully saturated rings. The molecule has 0 bridgehead atoms. The van der Waals surface area contributed by atoms with Crippen LogP contribution >= 0.6 is 0 Å². The van der Waals surface area contributed by atoms with Gasteiger partial charge in [-0.2, -0.15) is 0 Å². The summed E-state index contributed by atoms with van der Waals surface area (Å²) in [5.41, 5.74) is 21.7. The zero-order valence-electron chi connectivity index (χ0n) is 39.1. The van der Waals surface area contributed by atoms with Crippen molar-refractivity contribution in [3.63, 3.8) is 0 Å². The lowest BCUT2D eigenvalue weighted by molar-refractivity contribution is 0.660. The van der Waals surface area contributed by atoms with E-state index in [9.17, 15) is 0 Å². The number of fused-ring (bicyclic) bond motifs is 10. The third-order valence-corrected chi connectivity index (χ3v) is 15.6. The lowest BCUT2D eigenvalue weighted by Gasteiger charge is -2.34. The van der Waals surface area contributed by atoms with Crippen molar-refractivity contribution >= 4 is 49.6 Å². The van der Waals surface area contributed by atoms with Gasteiger partial charge >= 0.3 is 0 Å². The third-order valence-electron chi connectivity index (χ3n) is 15.6. The SMILES string of the molecule is CC1(C)c2ccccc2-c2cc(N(c3ccc(-c4ccc5ccccc5c4)cc3)c3ccc4c(c3)c3cc(C5(c6ccccc6)c6ccccc6-c6ccccc65)ccc3n4-c3ccccc3)ccc21. The maximum atomic E-state index is 2.50. The molecule has 1 heterocycles. The Morgan fingerprint density at radius 2 is 0.843 bits per heavy atom. The summed E-state index contributed by atoms with van der Waals surface area (Å²) in [6.07, 6.45) is 0. The Hall–Kier alpha value is -8.72. The van der Waals surface area contributed by atoms with Crippen molar-refractivity contribution < 1.29 is 0 Å². The molecule has 0 unspecified atom stereocenters. The topological polar surface area (TPSA) is 8.17 Å². The van der Waals surface area contributed by atoms with Crippen molar-refractivity contribution in [3.8, 4) is 39.1 Å². The molecule has 0 N–H and O–H groups in total. The quantitative estimate of drug-likeness (QED) is 0.155. The molecule has 0 saturated carbocycles. The number of aromatic nitrogens is 1. The second kappa shape index (κ2) is 15.4. The predicted octanol–water partition coefficient (Wildman–Crippen LogP) is 17.7. The van der Waals surface area contributed by atoms with Gasteiger partial charge in [-0.15, -0.1) is 0 Å². The zero-order valence-corrected chi connectivity index (χ0v) is 39.1. The fraction of sp³-hybridized carbons (Fsp3) is 0.0588. The number of anilines is 3. The van der Waals surface area contributed by atoms with Gasteiger partial charge in [-0.25, -0.2) is 0 Å². The smallest absolute Gasteiger partial charge is 0.0713 e. The van der Waals surface area contributed by atoms with Gasteiger partial charge < -0.3 is 9.47 Å². The van der Waals surface area contributed by atoms with Gasteiger partial charge in [0.2, 0.25) is 0 Å². The van der Waals surface area contributed by atoms with E-state index in [1.807, 2.05) is 0 Å². The van der Waals surface area contributed by atoms with Crippen molar-refractivity contribution in [1.29, 1.82) is 0 Å². The summed E-state index contributed by atoms with van der Waals surface area (Å²) in [5.74, 6) is 0. The first kappa shape index (κ1) is 40.4. The van der Waals surface area contributed by atoms with Gasteiger partial charge in [-0.1, -0.05) is 196 Å². The first-order chi connectivity index (χ1) is 34.5. The maximum Gasteiger partial charge on any atom is 0.0713 e. The van der Waals surface area contributed by atoms with E-state index in [0.717, 1.165) is 22.7 Å². The van der Waals surface area contributed by atoms with E-state index in [1.54, 1.807) is 0 Å². The lowest BCUT2D eigenvalue weighted by atomic mass is 9.67. The van der Waals surface area contributed by atoms with E-state index >= 15 is 0 Å². The van der Waals surface area contributed by atoms with Crippen LogP contribution in [-0.2, 0) is 10.8 Å². The minimum absolute atomic E-state index is 0.0931. The summed E-state index contributed by atoms with van der Waals surface area (Å²) < 4.78 is 2.45. The van der Waals surface area contributed by atoms with Crippen molar-refractivity contribution in [2.24, 2.45) is 0 Å². The van der Waals surface area contributed by atoms with Gasteiger partial charge in [0.1, 0.15) is 0 Å².